The topological polar surface area (TPSA) is 96.2 Å². The third-order valence-electron chi connectivity index (χ3n) is 5.18. The lowest BCUT2D eigenvalue weighted by Crippen LogP contribution is -2.20. The molecule has 1 heterocycles. The fourth-order valence-corrected chi connectivity index (χ4v) is 5.00. The van der Waals surface area contributed by atoms with Crippen LogP contribution in [0.25, 0.3) is 0 Å². The van der Waals surface area contributed by atoms with Gasteiger partial charge in [0.15, 0.2) is 5.06 Å². The van der Waals surface area contributed by atoms with Crippen molar-refractivity contribution in [1.82, 2.24) is 0 Å². The Labute approximate surface area is 191 Å². The van der Waals surface area contributed by atoms with Crippen LogP contribution in [-0.4, -0.2) is 61.2 Å². The van der Waals surface area contributed by atoms with Gasteiger partial charge in [-0.15, -0.1) is 11.3 Å². The van der Waals surface area contributed by atoms with E-state index >= 15 is 0 Å². The molecule has 0 aromatic carbocycles. The molecule has 1 aliphatic rings. The van der Waals surface area contributed by atoms with E-state index in [2.05, 4.69) is 15.9 Å². The molecule has 0 amide bonds. The van der Waals surface area contributed by atoms with Gasteiger partial charge < -0.3 is 24.8 Å². The smallest absolute Gasteiger partial charge is 0.329 e. The maximum absolute atomic E-state index is 10.5. The number of allylic oxidation sites excluding steroid dienone is 2. The summed E-state index contributed by atoms with van der Waals surface area (Å²) in [6, 6.07) is 1.89. The van der Waals surface area contributed by atoms with Gasteiger partial charge in [0.2, 0.25) is 0 Å². The number of rotatable bonds is 12. The maximum Gasteiger partial charge on any atom is 0.329 e. The predicted molar refractivity (Wildman–Crippen MR) is 121 cm³/mol. The van der Waals surface area contributed by atoms with Crippen LogP contribution in [0.1, 0.15) is 17.7 Å². The van der Waals surface area contributed by atoms with Gasteiger partial charge in [0.05, 0.1) is 20.6 Å². The molecule has 164 valence electrons. The van der Waals surface area contributed by atoms with Crippen molar-refractivity contribution in [3.05, 3.63) is 39.7 Å². The number of ether oxygens (including phenoxy) is 2. The fourth-order valence-electron chi connectivity index (χ4n) is 3.64. The third-order valence-corrected chi connectivity index (χ3v) is 7.23. The number of carboxylic acids is 1. The molecule has 0 bridgehead atoms. The molecule has 2 radical (unpaired) electrons. The molecule has 6 nitrogen and oxygen atoms in total. The van der Waals surface area contributed by atoms with Gasteiger partial charge in [0.1, 0.15) is 19.3 Å². The van der Waals surface area contributed by atoms with Crippen LogP contribution in [0.4, 0.5) is 0 Å². The number of thiophene rings is 1. The second-order valence-corrected chi connectivity index (χ2v) is 9.46. The molecule has 30 heavy (non-hydrogen) atoms. The highest BCUT2D eigenvalue weighted by molar-refractivity contribution is 9.10. The molecule has 1 aromatic rings. The summed E-state index contributed by atoms with van der Waals surface area (Å²) in [7, 11) is 5.90. The van der Waals surface area contributed by atoms with Gasteiger partial charge in [0, 0.05) is 15.4 Å². The van der Waals surface area contributed by atoms with Crippen LogP contribution >= 0.6 is 27.3 Å². The minimum Gasteiger partial charge on any atom is -0.481 e. The minimum absolute atomic E-state index is 0.0189. The van der Waals surface area contributed by atoms with Crippen LogP contribution < -0.4 is 4.74 Å². The van der Waals surface area contributed by atoms with Gasteiger partial charge in [-0.05, 0) is 53.4 Å². The normalized spacial score (nSPS) is 25.3. The van der Waals surface area contributed by atoms with E-state index in [0.717, 1.165) is 14.4 Å². The number of aliphatic hydroxyl groups excluding tert-OH is 2. The Bertz CT molecular complexity index is 718. The standard InChI is InChI=1S/C21H28BBrO6S/c1-13-18(23)9-21(30-13)29-11-15(24)5-6-16-14(10-22)8-19(25)17(16)4-2-3-7-28-12-20(26)27/h2-3,5-6,9,14-17,19,24-25H,4,7-8,10-12H2,1H3,(H,26,27)/t14-,15+,16-,17+,19?/m0/s1. The van der Waals surface area contributed by atoms with Crippen LogP contribution in [0.5, 0.6) is 5.06 Å². The van der Waals surface area contributed by atoms with E-state index in [9.17, 15) is 15.0 Å². The van der Waals surface area contributed by atoms with E-state index in [-0.39, 0.29) is 37.6 Å². The average Bonchev–Trinajstić information content (AvgIpc) is 3.19. The lowest BCUT2D eigenvalue weighted by atomic mass is 9.80. The van der Waals surface area contributed by atoms with Crippen LogP contribution in [0.2, 0.25) is 6.32 Å². The number of carboxylic acid groups (broad SMARTS) is 1. The summed E-state index contributed by atoms with van der Waals surface area (Å²) >= 11 is 4.96. The molecular formula is C21H28BBrO6S. The molecule has 1 aromatic heterocycles. The monoisotopic (exact) mass is 498 g/mol. The van der Waals surface area contributed by atoms with Crippen molar-refractivity contribution in [3.63, 3.8) is 0 Å². The van der Waals surface area contributed by atoms with Crippen molar-refractivity contribution >= 4 is 41.1 Å². The van der Waals surface area contributed by atoms with Gasteiger partial charge in [-0.1, -0.05) is 30.6 Å². The zero-order valence-electron chi connectivity index (χ0n) is 16.9. The van der Waals surface area contributed by atoms with E-state index in [1.54, 1.807) is 12.2 Å². The molecule has 9 heteroatoms. The largest absolute Gasteiger partial charge is 0.481 e. The van der Waals surface area contributed by atoms with Crippen LogP contribution in [0, 0.1) is 24.7 Å². The quantitative estimate of drug-likeness (QED) is 0.232. The van der Waals surface area contributed by atoms with E-state index < -0.39 is 18.2 Å². The molecule has 3 N–H and O–H groups in total. The van der Waals surface area contributed by atoms with Gasteiger partial charge in [-0.3, -0.25) is 0 Å². The molecule has 2 rings (SSSR count). The van der Waals surface area contributed by atoms with Gasteiger partial charge >= 0.3 is 5.97 Å². The third kappa shape index (κ3) is 7.85. The molecule has 0 saturated heterocycles. The van der Waals surface area contributed by atoms with Gasteiger partial charge in [-0.25, -0.2) is 4.79 Å². The van der Waals surface area contributed by atoms with Crippen molar-refractivity contribution in [1.29, 1.82) is 0 Å². The lowest BCUT2D eigenvalue weighted by molar-refractivity contribution is -0.141. The predicted octanol–water partition coefficient (Wildman–Crippen LogP) is 3.36. The Morgan fingerprint density at radius 3 is 2.87 bits per heavy atom. The Hall–Kier alpha value is -1.13. The summed E-state index contributed by atoms with van der Waals surface area (Å²) in [6.07, 6.45) is 7.78. The Kier molecular flexibility index (Phi) is 10.6. The van der Waals surface area contributed by atoms with Crippen LogP contribution in [0.3, 0.4) is 0 Å². The molecule has 1 saturated carbocycles. The Morgan fingerprint density at radius 2 is 2.23 bits per heavy atom. The van der Waals surface area contributed by atoms with Crippen molar-refractivity contribution in [2.24, 2.45) is 17.8 Å². The summed E-state index contributed by atoms with van der Waals surface area (Å²) in [5.41, 5.74) is 0. The summed E-state index contributed by atoms with van der Waals surface area (Å²) in [4.78, 5) is 11.5. The second kappa shape index (κ2) is 12.7. The SMILES string of the molecule is [B]C[C@@H]1CC(O)[C@H](CC=CCOCC(=O)O)[C@H]1C=C[C@@H](O)COc1cc(Br)c(C)s1. The van der Waals surface area contributed by atoms with Crippen molar-refractivity contribution in [2.45, 2.75) is 38.3 Å². The molecule has 0 aliphatic heterocycles. The number of hydrogen-bond donors (Lipinski definition) is 3. The first-order valence-electron chi connectivity index (χ1n) is 9.89. The van der Waals surface area contributed by atoms with Crippen molar-refractivity contribution in [2.75, 3.05) is 19.8 Å². The number of aliphatic carboxylic acids is 1. The van der Waals surface area contributed by atoms with Crippen LogP contribution in [-0.2, 0) is 9.53 Å². The fraction of sp³-hybridized carbons (Fsp3) is 0.571. The highest BCUT2D eigenvalue weighted by atomic mass is 79.9. The zero-order valence-corrected chi connectivity index (χ0v) is 19.3. The average molecular weight is 499 g/mol. The minimum atomic E-state index is -1.00. The lowest BCUT2D eigenvalue weighted by Gasteiger charge is -2.21. The summed E-state index contributed by atoms with van der Waals surface area (Å²) in [5, 5.41) is 30.0. The first-order chi connectivity index (χ1) is 14.3. The second-order valence-electron chi connectivity index (χ2n) is 7.39. The highest BCUT2D eigenvalue weighted by Crippen LogP contribution is 2.42. The van der Waals surface area contributed by atoms with E-state index in [0.29, 0.717) is 19.2 Å². The summed E-state index contributed by atoms with van der Waals surface area (Å²) in [5.74, 6) is -0.839. The van der Waals surface area contributed by atoms with Crippen LogP contribution in [0.15, 0.2) is 34.8 Å². The number of aryl methyl sites for hydroxylation is 1. The van der Waals surface area contributed by atoms with Crippen molar-refractivity contribution in [3.8, 4) is 5.06 Å². The van der Waals surface area contributed by atoms with Gasteiger partial charge in [-0.2, -0.15) is 0 Å². The first kappa shape index (κ1) is 25.1. The Morgan fingerprint density at radius 1 is 1.47 bits per heavy atom. The molecular weight excluding hydrogens is 471 g/mol. The highest BCUT2D eigenvalue weighted by Gasteiger charge is 2.39. The zero-order chi connectivity index (χ0) is 22.1. The number of carbonyl (C=O) groups is 1. The number of aliphatic hydroxyl groups is 2. The van der Waals surface area contributed by atoms with Gasteiger partial charge in [0.25, 0.3) is 0 Å². The van der Waals surface area contributed by atoms with E-state index in [1.165, 1.54) is 11.3 Å². The number of hydrogen-bond acceptors (Lipinski definition) is 6. The van der Waals surface area contributed by atoms with E-state index in [1.807, 2.05) is 25.1 Å². The number of halogens is 1. The van der Waals surface area contributed by atoms with Crippen molar-refractivity contribution < 1.29 is 29.6 Å². The Balaban J connectivity index is 1.88. The molecule has 1 aliphatic carbocycles. The first-order valence-corrected chi connectivity index (χ1v) is 11.5. The molecule has 1 unspecified atom stereocenters. The molecule has 1 fully saturated rings. The molecule has 0 spiro atoms. The molecule has 5 atom stereocenters. The maximum atomic E-state index is 10.5. The van der Waals surface area contributed by atoms with E-state index in [4.69, 9.17) is 22.4 Å². The summed E-state index contributed by atoms with van der Waals surface area (Å²) in [6.45, 7) is 2.02. The summed E-state index contributed by atoms with van der Waals surface area (Å²) < 4.78 is 11.6.